The molecule has 1 aromatic rings. The van der Waals surface area contributed by atoms with Crippen molar-refractivity contribution in [1.82, 2.24) is 9.80 Å². The summed E-state index contributed by atoms with van der Waals surface area (Å²) in [5.41, 5.74) is -0.336. The molecule has 0 aromatic heterocycles. The number of amides is 2. The summed E-state index contributed by atoms with van der Waals surface area (Å²) in [5.74, 6) is -1.04. The zero-order valence-electron chi connectivity index (χ0n) is 14.6. The molecule has 0 radical (unpaired) electrons. The van der Waals surface area contributed by atoms with Gasteiger partial charge in [0.15, 0.2) is 0 Å². The SMILES string of the molecule is CC(C)(C)OC(=O)N1CCN2C(=O)c3c(OC(F)(F)F)cccc3[C@H]2C1. The van der Waals surface area contributed by atoms with Crippen molar-refractivity contribution < 1.29 is 32.2 Å². The highest BCUT2D eigenvalue weighted by molar-refractivity contribution is 6.02. The van der Waals surface area contributed by atoms with Crippen LogP contribution < -0.4 is 4.74 Å². The van der Waals surface area contributed by atoms with Crippen LogP contribution in [0.15, 0.2) is 18.2 Å². The van der Waals surface area contributed by atoms with Crippen molar-refractivity contribution in [1.29, 1.82) is 0 Å². The normalized spacial score (nSPS) is 19.9. The Hall–Kier alpha value is -2.45. The van der Waals surface area contributed by atoms with E-state index in [2.05, 4.69) is 4.74 Å². The first kappa shape index (κ1) is 18.3. The summed E-state index contributed by atoms with van der Waals surface area (Å²) in [7, 11) is 0. The number of benzene rings is 1. The Balaban J connectivity index is 1.86. The van der Waals surface area contributed by atoms with Crippen LogP contribution in [0.3, 0.4) is 0 Å². The molecule has 0 bridgehead atoms. The maximum absolute atomic E-state index is 12.6. The average Bonchev–Trinajstić information content (AvgIpc) is 2.78. The molecule has 0 spiro atoms. The maximum atomic E-state index is 12.6. The highest BCUT2D eigenvalue weighted by Crippen LogP contribution is 2.41. The largest absolute Gasteiger partial charge is 0.573 e. The smallest absolute Gasteiger partial charge is 0.444 e. The van der Waals surface area contributed by atoms with E-state index in [0.29, 0.717) is 5.56 Å². The van der Waals surface area contributed by atoms with Crippen LogP contribution in [0, 0.1) is 0 Å². The number of ether oxygens (including phenoxy) is 2. The molecule has 26 heavy (non-hydrogen) atoms. The molecule has 9 heteroatoms. The van der Waals surface area contributed by atoms with E-state index in [1.54, 1.807) is 26.8 Å². The van der Waals surface area contributed by atoms with Crippen LogP contribution in [0.1, 0.15) is 42.7 Å². The van der Waals surface area contributed by atoms with Gasteiger partial charge in [0.05, 0.1) is 11.6 Å². The lowest BCUT2D eigenvalue weighted by Crippen LogP contribution is -2.50. The summed E-state index contributed by atoms with van der Waals surface area (Å²) in [6, 6.07) is 3.59. The van der Waals surface area contributed by atoms with Crippen molar-refractivity contribution in [2.24, 2.45) is 0 Å². The minimum Gasteiger partial charge on any atom is -0.444 e. The number of alkyl halides is 3. The second kappa shape index (κ2) is 6.07. The van der Waals surface area contributed by atoms with E-state index in [4.69, 9.17) is 4.74 Å². The number of halogens is 3. The molecule has 0 N–H and O–H groups in total. The highest BCUT2D eigenvalue weighted by Gasteiger charge is 2.45. The highest BCUT2D eigenvalue weighted by atomic mass is 19.4. The van der Waals surface area contributed by atoms with Crippen LogP contribution in [0.25, 0.3) is 0 Å². The zero-order chi connectivity index (χ0) is 19.3. The molecule has 3 rings (SSSR count). The Bertz CT molecular complexity index is 743. The van der Waals surface area contributed by atoms with Gasteiger partial charge in [0.1, 0.15) is 11.4 Å². The van der Waals surface area contributed by atoms with Crippen LogP contribution in [0.4, 0.5) is 18.0 Å². The Morgan fingerprint density at radius 3 is 2.50 bits per heavy atom. The third-order valence-corrected chi connectivity index (χ3v) is 4.15. The number of fused-ring (bicyclic) bond motifs is 3. The molecule has 6 nitrogen and oxygen atoms in total. The van der Waals surface area contributed by atoms with E-state index in [0.717, 1.165) is 6.07 Å². The molecule has 0 saturated carbocycles. The minimum atomic E-state index is -4.89. The summed E-state index contributed by atoms with van der Waals surface area (Å²) < 4.78 is 47.2. The fourth-order valence-electron chi connectivity index (χ4n) is 3.19. The third kappa shape index (κ3) is 3.56. The lowest BCUT2D eigenvalue weighted by molar-refractivity contribution is -0.274. The molecule has 2 amide bonds. The molecule has 2 aliphatic rings. The quantitative estimate of drug-likeness (QED) is 0.759. The topological polar surface area (TPSA) is 59.1 Å². The summed E-state index contributed by atoms with van der Waals surface area (Å²) in [4.78, 5) is 27.8. The van der Waals surface area contributed by atoms with Gasteiger partial charge in [0.25, 0.3) is 5.91 Å². The lowest BCUT2D eigenvalue weighted by Gasteiger charge is -2.38. The van der Waals surface area contributed by atoms with E-state index in [9.17, 15) is 22.8 Å². The fourth-order valence-corrected chi connectivity index (χ4v) is 3.19. The minimum absolute atomic E-state index is 0.0964. The van der Waals surface area contributed by atoms with Gasteiger partial charge in [-0.3, -0.25) is 4.79 Å². The first-order valence-corrected chi connectivity index (χ1v) is 8.14. The van der Waals surface area contributed by atoms with Gasteiger partial charge in [-0.15, -0.1) is 13.2 Å². The standard InChI is InChI=1S/C17H19F3N2O4/c1-16(2,3)26-15(24)21-7-8-22-11(9-21)10-5-4-6-12(13(10)14(22)23)25-17(18,19)20/h4-6,11H,7-9H2,1-3H3/t11-/m1/s1. The summed E-state index contributed by atoms with van der Waals surface area (Å²) in [5, 5.41) is 0. The summed E-state index contributed by atoms with van der Waals surface area (Å²) in [6.07, 6.45) is -5.40. The molecular formula is C17H19F3N2O4. The molecule has 0 unspecified atom stereocenters. The summed E-state index contributed by atoms with van der Waals surface area (Å²) in [6.45, 7) is 5.86. The monoisotopic (exact) mass is 372 g/mol. The van der Waals surface area contributed by atoms with Gasteiger partial charge in [0, 0.05) is 19.6 Å². The fraction of sp³-hybridized carbons (Fsp3) is 0.529. The second-order valence-corrected chi connectivity index (χ2v) is 7.21. The van der Waals surface area contributed by atoms with Crippen LogP contribution in [-0.2, 0) is 4.74 Å². The summed E-state index contributed by atoms with van der Waals surface area (Å²) >= 11 is 0. The van der Waals surface area contributed by atoms with Crippen LogP contribution in [0.2, 0.25) is 0 Å². The van der Waals surface area contributed by atoms with Gasteiger partial charge >= 0.3 is 12.5 Å². The molecule has 1 saturated heterocycles. The van der Waals surface area contributed by atoms with E-state index < -0.39 is 35.8 Å². The van der Waals surface area contributed by atoms with Crippen molar-refractivity contribution in [3.8, 4) is 5.75 Å². The van der Waals surface area contributed by atoms with Crippen LogP contribution >= 0.6 is 0 Å². The number of hydrogen-bond acceptors (Lipinski definition) is 4. The van der Waals surface area contributed by atoms with E-state index >= 15 is 0 Å². The molecular weight excluding hydrogens is 353 g/mol. The van der Waals surface area contributed by atoms with Gasteiger partial charge in [-0.25, -0.2) is 4.79 Å². The number of hydrogen-bond donors (Lipinski definition) is 0. The number of rotatable bonds is 1. The lowest BCUT2D eigenvalue weighted by atomic mass is 10.0. The number of nitrogens with zero attached hydrogens (tertiary/aromatic N) is 2. The number of carbonyl (C=O) groups excluding carboxylic acids is 2. The number of carbonyl (C=O) groups is 2. The first-order valence-electron chi connectivity index (χ1n) is 8.14. The van der Waals surface area contributed by atoms with Crippen molar-refractivity contribution in [2.45, 2.75) is 38.8 Å². The third-order valence-electron chi connectivity index (χ3n) is 4.15. The van der Waals surface area contributed by atoms with Crippen molar-refractivity contribution in [2.75, 3.05) is 19.6 Å². The van der Waals surface area contributed by atoms with Gasteiger partial charge in [-0.05, 0) is 32.4 Å². The van der Waals surface area contributed by atoms with E-state index in [1.165, 1.54) is 15.9 Å². The molecule has 142 valence electrons. The van der Waals surface area contributed by atoms with Gasteiger partial charge in [-0.1, -0.05) is 12.1 Å². The van der Waals surface area contributed by atoms with Crippen molar-refractivity contribution in [3.63, 3.8) is 0 Å². The van der Waals surface area contributed by atoms with Gasteiger partial charge in [-0.2, -0.15) is 0 Å². The predicted octanol–water partition coefficient (Wildman–Crippen LogP) is 3.33. The first-order chi connectivity index (χ1) is 12.0. The molecule has 2 aliphatic heterocycles. The Kier molecular flexibility index (Phi) is 4.28. The molecule has 1 fully saturated rings. The number of piperazine rings is 1. The predicted molar refractivity (Wildman–Crippen MR) is 84.7 cm³/mol. The Morgan fingerprint density at radius 1 is 1.19 bits per heavy atom. The van der Waals surface area contributed by atoms with Crippen LogP contribution in [-0.4, -0.2) is 53.4 Å². The second-order valence-electron chi connectivity index (χ2n) is 7.21. The van der Waals surface area contributed by atoms with Gasteiger partial charge < -0.3 is 19.3 Å². The van der Waals surface area contributed by atoms with Crippen molar-refractivity contribution in [3.05, 3.63) is 29.3 Å². The Labute approximate surface area is 148 Å². The zero-order valence-corrected chi connectivity index (χ0v) is 14.6. The molecule has 1 aromatic carbocycles. The van der Waals surface area contributed by atoms with Crippen molar-refractivity contribution >= 4 is 12.0 Å². The average molecular weight is 372 g/mol. The maximum Gasteiger partial charge on any atom is 0.573 e. The molecule has 2 heterocycles. The van der Waals surface area contributed by atoms with Crippen LogP contribution in [0.5, 0.6) is 5.75 Å². The van der Waals surface area contributed by atoms with Gasteiger partial charge in [0.2, 0.25) is 0 Å². The Morgan fingerprint density at radius 2 is 1.88 bits per heavy atom. The molecule has 1 atom stereocenters. The van der Waals surface area contributed by atoms with E-state index in [1.807, 2.05) is 0 Å². The van der Waals surface area contributed by atoms with E-state index in [-0.39, 0.29) is 25.2 Å². The molecule has 0 aliphatic carbocycles.